The van der Waals surface area contributed by atoms with Crippen LogP contribution in [0.25, 0.3) is 0 Å². The van der Waals surface area contributed by atoms with Gasteiger partial charge in [0, 0.05) is 0 Å². The molecule has 0 fully saturated rings. The van der Waals surface area contributed by atoms with Crippen molar-refractivity contribution in [2.45, 2.75) is 155 Å². The van der Waals surface area contributed by atoms with Crippen molar-refractivity contribution in [3.63, 3.8) is 0 Å². The van der Waals surface area contributed by atoms with Crippen molar-refractivity contribution in [1.29, 1.82) is 0 Å². The summed E-state index contributed by atoms with van der Waals surface area (Å²) in [5.41, 5.74) is 0. The molecular weight excluding hydrogens is 504 g/mol. The summed E-state index contributed by atoms with van der Waals surface area (Å²) >= 11 is 0. The summed E-state index contributed by atoms with van der Waals surface area (Å²) in [7, 11) is -8.47. The molecule has 0 amide bonds. The quantitative estimate of drug-likeness (QED) is 0.0799. The van der Waals surface area contributed by atoms with Gasteiger partial charge in [0.15, 0.2) is 0 Å². The first-order chi connectivity index (χ1) is 17.1. The Kier molecular flexibility index (Phi) is 29.2. The van der Waals surface area contributed by atoms with Gasteiger partial charge in [-0.25, -0.2) is 8.37 Å². The Balaban J connectivity index is 0. The lowest BCUT2D eigenvalue weighted by atomic mass is 10.1. The minimum Gasteiger partial charge on any atom is -0.264 e. The van der Waals surface area contributed by atoms with Gasteiger partial charge in [-0.05, 0) is 12.8 Å². The fourth-order valence-corrected chi connectivity index (χ4v) is 4.52. The largest absolute Gasteiger partial charge is 0.397 e. The summed E-state index contributed by atoms with van der Waals surface area (Å²) in [5, 5.41) is 0. The average molecular weight is 561 g/mol. The van der Waals surface area contributed by atoms with Crippen LogP contribution in [-0.2, 0) is 29.2 Å². The summed E-state index contributed by atoms with van der Waals surface area (Å²) in [5.74, 6) is 0. The molecule has 220 valence electrons. The van der Waals surface area contributed by atoms with E-state index in [1.807, 2.05) is 0 Å². The lowest BCUT2D eigenvalue weighted by molar-refractivity contribution is 0.260. The fourth-order valence-electron chi connectivity index (χ4n) is 3.86. The molecule has 0 saturated heterocycles. The molecule has 0 spiro atoms. The van der Waals surface area contributed by atoms with Gasteiger partial charge in [-0.15, -0.1) is 0 Å². The van der Waals surface area contributed by atoms with Crippen molar-refractivity contribution in [2.24, 2.45) is 0 Å². The fraction of sp³-hybridized carbons (Fsp3) is 1.00. The minimum absolute atomic E-state index is 0.0926. The molecule has 0 aromatic heterocycles. The van der Waals surface area contributed by atoms with E-state index in [4.69, 9.17) is 9.11 Å². The van der Waals surface area contributed by atoms with E-state index in [2.05, 4.69) is 22.2 Å². The van der Waals surface area contributed by atoms with Crippen LogP contribution in [0.15, 0.2) is 0 Å². The van der Waals surface area contributed by atoms with E-state index in [1.165, 1.54) is 103 Å². The average Bonchev–Trinajstić information content (AvgIpc) is 2.79. The maximum absolute atomic E-state index is 10.3. The standard InChI is InChI=1S/C14H30O4S.C12H26O4S/c1-2-3-4-5-6-7-8-9-10-11-12-13-14-18-19(15,16)17;1-2-3-4-5-6-7-8-9-10-11-12-16-17(13,14)15/h2-14H2,1H3,(H,15,16,17);2-12H2,1H3,(H,13,14,15). The van der Waals surface area contributed by atoms with Crippen LogP contribution < -0.4 is 0 Å². The Morgan fingerprint density at radius 1 is 0.389 bits per heavy atom. The van der Waals surface area contributed by atoms with Crippen LogP contribution in [0, 0.1) is 0 Å². The van der Waals surface area contributed by atoms with E-state index in [-0.39, 0.29) is 13.2 Å². The molecule has 0 radical (unpaired) electrons. The van der Waals surface area contributed by atoms with Crippen LogP contribution in [0.5, 0.6) is 0 Å². The summed E-state index contributed by atoms with van der Waals surface area (Å²) < 4.78 is 66.1. The van der Waals surface area contributed by atoms with Crippen molar-refractivity contribution in [3.8, 4) is 0 Å². The van der Waals surface area contributed by atoms with Gasteiger partial charge in [0.1, 0.15) is 0 Å². The zero-order valence-corrected chi connectivity index (χ0v) is 24.8. The minimum atomic E-state index is -4.24. The van der Waals surface area contributed by atoms with Crippen LogP contribution in [0.3, 0.4) is 0 Å². The molecule has 0 atom stereocenters. The molecule has 0 bridgehead atoms. The Morgan fingerprint density at radius 2 is 0.583 bits per heavy atom. The first-order valence-corrected chi connectivity index (χ1v) is 17.1. The van der Waals surface area contributed by atoms with Gasteiger partial charge in [-0.3, -0.25) is 9.11 Å². The van der Waals surface area contributed by atoms with E-state index in [9.17, 15) is 16.8 Å². The topological polar surface area (TPSA) is 127 Å². The maximum atomic E-state index is 10.3. The van der Waals surface area contributed by atoms with Gasteiger partial charge in [0.25, 0.3) is 0 Å². The van der Waals surface area contributed by atoms with E-state index >= 15 is 0 Å². The molecule has 8 nitrogen and oxygen atoms in total. The van der Waals surface area contributed by atoms with Crippen molar-refractivity contribution in [1.82, 2.24) is 0 Å². The van der Waals surface area contributed by atoms with Crippen molar-refractivity contribution in [3.05, 3.63) is 0 Å². The SMILES string of the molecule is CCCCCCCCCCCCCCOS(=O)(=O)O.CCCCCCCCCCCCOS(=O)(=O)O. The highest BCUT2D eigenvalue weighted by Crippen LogP contribution is 2.12. The summed E-state index contributed by atoms with van der Waals surface area (Å²) in [4.78, 5) is 0. The molecular formula is C26H56O8S2. The van der Waals surface area contributed by atoms with Crippen LogP contribution in [-0.4, -0.2) is 39.2 Å². The lowest BCUT2D eigenvalue weighted by Gasteiger charge is -2.02. The number of unbranched alkanes of at least 4 members (excludes halogenated alkanes) is 20. The first-order valence-electron chi connectivity index (χ1n) is 14.4. The summed E-state index contributed by atoms with van der Waals surface area (Å²) in [6.45, 7) is 4.64. The van der Waals surface area contributed by atoms with E-state index < -0.39 is 20.8 Å². The molecule has 0 aliphatic rings. The Labute approximate surface area is 223 Å². The highest BCUT2D eigenvalue weighted by molar-refractivity contribution is 7.81. The Bertz CT molecular complexity index is 636. The summed E-state index contributed by atoms with van der Waals surface area (Å²) in [6.07, 6.45) is 26.6. The van der Waals surface area contributed by atoms with Gasteiger partial charge in [0.05, 0.1) is 13.2 Å². The zero-order valence-electron chi connectivity index (χ0n) is 23.1. The van der Waals surface area contributed by atoms with E-state index in [1.54, 1.807) is 0 Å². The molecule has 36 heavy (non-hydrogen) atoms. The monoisotopic (exact) mass is 560 g/mol. The lowest BCUT2D eigenvalue weighted by Crippen LogP contribution is -2.04. The predicted molar refractivity (Wildman–Crippen MR) is 148 cm³/mol. The third-order valence-electron chi connectivity index (χ3n) is 5.96. The molecule has 0 aliphatic heterocycles. The van der Waals surface area contributed by atoms with Crippen LogP contribution in [0.2, 0.25) is 0 Å². The van der Waals surface area contributed by atoms with Crippen molar-refractivity contribution >= 4 is 20.8 Å². The van der Waals surface area contributed by atoms with Crippen LogP contribution >= 0.6 is 0 Å². The van der Waals surface area contributed by atoms with E-state index in [0.717, 1.165) is 25.7 Å². The smallest absolute Gasteiger partial charge is 0.264 e. The van der Waals surface area contributed by atoms with Gasteiger partial charge in [0.2, 0.25) is 0 Å². The third-order valence-corrected chi connectivity index (χ3v) is 6.89. The number of hydrogen-bond acceptors (Lipinski definition) is 6. The second-order valence-corrected chi connectivity index (χ2v) is 11.8. The second-order valence-electron chi connectivity index (χ2n) is 9.57. The van der Waals surface area contributed by atoms with E-state index in [0.29, 0.717) is 12.8 Å². The molecule has 2 N–H and O–H groups in total. The molecule has 0 heterocycles. The van der Waals surface area contributed by atoms with Gasteiger partial charge >= 0.3 is 20.8 Å². The molecule has 0 aromatic rings. The van der Waals surface area contributed by atoms with Crippen molar-refractivity contribution < 1.29 is 34.3 Å². The summed E-state index contributed by atoms with van der Waals surface area (Å²) in [6, 6.07) is 0. The Morgan fingerprint density at radius 3 is 0.778 bits per heavy atom. The maximum Gasteiger partial charge on any atom is 0.397 e. The van der Waals surface area contributed by atoms with Crippen molar-refractivity contribution in [2.75, 3.05) is 13.2 Å². The highest BCUT2D eigenvalue weighted by Gasteiger charge is 2.03. The third kappa shape index (κ3) is 40.9. The Hall–Kier alpha value is -0.260. The zero-order chi connectivity index (χ0) is 27.4. The van der Waals surface area contributed by atoms with Gasteiger partial charge in [-0.1, -0.05) is 142 Å². The molecule has 10 heteroatoms. The first kappa shape index (κ1) is 37.9. The highest BCUT2D eigenvalue weighted by atomic mass is 32.3. The second kappa shape index (κ2) is 27.8. The van der Waals surface area contributed by atoms with Crippen LogP contribution in [0.4, 0.5) is 0 Å². The molecule has 0 aliphatic carbocycles. The number of hydrogen-bond donors (Lipinski definition) is 2. The molecule has 0 rings (SSSR count). The van der Waals surface area contributed by atoms with Crippen LogP contribution in [0.1, 0.15) is 155 Å². The molecule has 0 unspecified atom stereocenters. The molecule has 0 aromatic carbocycles. The van der Waals surface area contributed by atoms with Gasteiger partial charge < -0.3 is 0 Å². The number of rotatable bonds is 26. The van der Waals surface area contributed by atoms with Gasteiger partial charge in [-0.2, -0.15) is 16.8 Å². The predicted octanol–water partition coefficient (Wildman–Crippen LogP) is 8.23. The molecule has 0 saturated carbocycles. The normalized spacial score (nSPS) is 11.9.